The zero-order valence-electron chi connectivity index (χ0n) is 16.5. The Kier molecular flexibility index (Phi) is 6.79. The van der Waals surface area contributed by atoms with Gasteiger partial charge in [-0.2, -0.15) is 4.31 Å². The fourth-order valence-corrected chi connectivity index (χ4v) is 4.60. The second kappa shape index (κ2) is 9.11. The van der Waals surface area contributed by atoms with Gasteiger partial charge in [-0.1, -0.05) is 13.8 Å². The highest BCUT2D eigenvalue weighted by Crippen LogP contribution is 2.33. The smallest absolute Gasteiger partial charge is 0.243 e. The van der Waals surface area contributed by atoms with E-state index in [4.69, 9.17) is 9.47 Å². The molecule has 1 aromatic carbocycles. The van der Waals surface area contributed by atoms with Gasteiger partial charge >= 0.3 is 0 Å². The van der Waals surface area contributed by atoms with Crippen LogP contribution in [0.5, 0.6) is 11.5 Å². The second-order valence-electron chi connectivity index (χ2n) is 7.54. The lowest BCUT2D eigenvalue weighted by molar-refractivity contribution is -0.122. The number of piperazine rings is 1. The number of carbonyl (C=O) groups excluding carboxylic acids is 1. The average molecular weight is 412 g/mol. The SMILES string of the molecule is CC(C)CNC(=O)CN1CCN(S(=O)(=O)c2ccc3c(c2)OCCCO3)CC1. The Hall–Kier alpha value is -1.84. The van der Waals surface area contributed by atoms with Crippen LogP contribution in [-0.2, 0) is 14.8 Å². The number of fused-ring (bicyclic) bond motifs is 1. The lowest BCUT2D eigenvalue weighted by Gasteiger charge is -2.33. The molecule has 1 saturated heterocycles. The average Bonchev–Trinajstić information content (AvgIpc) is 2.91. The molecule has 3 rings (SSSR count). The number of sulfonamides is 1. The normalized spacial score (nSPS) is 18.7. The van der Waals surface area contributed by atoms with Crippen molar-refractivity contribution in [2.24, 2.45) is 5.92 Å². The number of ether oxygens (including phenoxy) is 2. The van der Waals surface area contributed by atoms with Crippen LogP contribution in [0.3, 0.4) is 0 Å². The Morgan fingerprint density at radius 1 is 1.11 bits per heavy atom. The third-order valence-corrected chi connectivity index (χ3v) is 6.66. The van der Waals surface area contributed by atoms with Gasteiger partial charge in [0, 0.05) is 45.2 Å². The van der Waals surface area contributed by atoms with E-state index in [1.807, 2.05) is 18.7 Å². The number of nitrogens with zero attached hydrogens (tertiary/aromatic N) is 2. The minimum Gasteiger partial charge on any atom is -0.490 e. The predicted molar refractivity (Wildman–Crippen MR) is 105 cm³/mol. The maximum Gasteiger partial charge on any atom is 0.243 e. The highest BCUT2D eigenvalue weighted by Gasteiger charge is 2.30. The van der Waals surface area contributed by atoms with Crippen molar-refractivity contribution in [1.29, 1.82) is 0 Å². The van der Waals surface area contributed by atoms with E-state index in [1.165, 1.54) is 4.31 Å². The molecule has 8 nitrogen and oxygen atoms in total. The van der Waals surface area contributed by atoms with Gasteiger partial charge in [-0.05, 0) is 18.1 Å². The maximum atomic E-state index is 13.0. The van der Waals surface area contributed by atoms with Crippen molar-refractivity contribution in [2.45, 2.75) is 25.2 Å². The fraction of sp³-hybridized carbons (Fsp3) is 0.632. The summed E-state index contributed by atoms with van der Waals surface area (Å²) in [6.45, 7) is 7.87. The van der Waals surface area contributed by atoms with E-state index in [-0.39, 0.29) is 10.8 Å². The first kappa shape index (κ1) is 20.9. The highest BCUT2D eigenvalue weighted by molar-refractivity contribution is 7.89. The molecule has 2 aliphatic rings. The molecule has 0 saturated carbocycles. The predicted octanol–water partition coefficient (Wildman–Crippen LogP) is 0.926. The molecular formula is C19H29N3O5S. The van der Waals surface area contributed by atoms with E-state index in [0.717, 1.165) is 6.42 Å². The van der Waals surface area contributed by atoms with Gasteiger partial charge in [-0.3, -0.25) is 9.69 Å². The molecule has 1 aromatic rings. The molecule has 28 heavy (non-hydrogen) atoms. The first-order valence-corrected chi connectivity index (χ1v) is 11.2. The molecule has 9 heteroatoms. The zero-order chi connectivity index (χ0) is 20.1. The van der Waals surface area contributed by atoms with Gasteiger partial charge in [-0.15, -0.1) is 0 Å². The monoisotopic (exact) mass is 411 g/mol. The molecule has 0 unspecified atom stereocenters. The van der Waals surface area contributed by atoms with E-state index in [9.17, 15) is 13.2 Å². The zero-order valence-corrected chi connectivity index (χ0v) is 17.3. The maximum absolute atomic E-state index is 13.0. The van der Waals surface area contributed by atoms with E-state index in [0.29, 0.717) is 69.9 Å². The van der Waals surface area contributed by atoms with Crippen LogP contribution in [0.15, 0.2) is 23.1 Å². The van der Waals surface area contributed by atoms with Crippen LogP contribution >= 0.6 is 0 Å². The van der Waals surface area contributed by atoms with Gasteiger partial charge in [0.1, 0.15) is 0 Å². The number of nitrogens with one attached hydrogen (secondary N) is 1. The lowest BCUT2D eigenvalue weighted by Crippen LogP contribution is -2.51. The van der Waals surface area contributed by atoms with Crippen LogP contribution in [0.1, 0.15) is 20.3 Å². The minimum atomic E-state index is -3.61. The molecule has 0 radical (unpaired) electrons. The number of hydrogen-bond donors (Lipinski definition) is 1. The third-order valence-electron chi connectivity index (χ3n) is 4.76. The second-order valence-corrected chi connectivity index (χ2v) is 9.48. The number of amides is 1. The fourth-order valence-electron chi connectivity index (χ4n) is 3.16. The van der Waals surface area contributed by atoms with Gasteiger partial charge in [0.25, 0.3) is 0 Å². The molecular weight excluding hydrogens is 382 g/mol. The Morgan fingerprint density at radius 3 is 2.46 bits per heavy atom. The Bertz CT molecular complexity index is 789. The van der Waals surface area contributed by atoms with Crippen LogP contribution in [-0.4, -0.2) is 76.0 Å². The van der Waals surface area contributed by atoms with Crippen molar-refractivity contribution in [1.82, 2.24) is 14.5 Å². The van der Waals surface area contributed by atoms with E-state index in [1.54, 1.807) is 18.2 Å². The van der Waals surface area contributed by atoms with Crippen molar-refractivity contribution in [3.05, 3.63) is 18.2 Å². The van der Waals surface area contributed by atoms with Crippen molar-refractivity contribution in [3.8, 4) is 11.5 Å². The lowest BCUT2D eigenvalue weighted by atomic mass is 10.2. The Balaban J connectivity index is 1.59. The largest absolute Gasteiger partial charge is 0.490 e. The standard InChI is InChI=1S/C19H29N3O5S/c1-15(2)13-20-19(23)14-21-6-8-22(9-7-21)28(24,25)16-4-5-17-18(12-16)27-11-3-10-26-17/h4-5,12,15H,3,6-11,13-14H2,1-2H3,(H,20,23). The summed E-state index contributed by atoms with van der Waals surface area (Å²) in [5.41, 5.74) is 0. The molecule has 0 atom stereocenters. The molecule has 0 aliphatic carbocycles. The van der Waals surface area contributed by atoms with Crippen LogP contribution in [0.25, 0.3) is 0 Å². The first-order valence-electron chi connectivity index (χ1n) is 9.75. The molecule has 2 aliphatic heterocycles. The summed E-state index contributed by atoms with van der Waals surface area (Å²) >= 11 is 0. The highest BCUT2D eigenvalue weighted by atomic mass is 32.2. The number of rotatable bonds is 6. The molecule has 1 amide bonds. The quantitative estimate of drug-likeness (QED) is 0.749. The molecule has 2 heterocycles. The van der Waals surface area contributed by atoms with Crippen molar-refractivity contribution in [3.63, 3.8) is 0 Å². The number of benzene rings is 1. The molecule has 0 bridgehead atoms. The van der Waals surface area contributed by atoms with Crippen molar-refractivity contribution in [2.75, 3.05) is 52.5 Å². The van der Waals surface area contributed by atoms with Crippen molar-refractivity contribution < 1.29 is 22.7 Å². The Labute approximate surface area is 166 Å². The third kappa shape index (κ3) is 5.15. The van der Waals surface area contributed by atoms with Gasteiger partial charge in [0.05, 0.1) is 24.7 Å². The first-order chi connectivity index (χ1) is 13.4. The summed E-state index contributed by atoms with van der Waals surface area (Å²) in [5, 5.41) is 2.89. The molecule has 0 aromatic heterocycles. The topological polar surface area (TPSA) is 88.2 Å². The van der Waals surface area contributed by atoms with Crippen LogP contribution < -0.4 is 14.8 Å². The van der Waals surface area contributed by atoms with Gasteiger partial charge in [0.15, 0.2) is 11.5 Å². The number of hydrogen-bond acceptors (Lipinski definition) is 6. The van der Waals surface area contributed by atoms with Crippen LogP contribution in [0, 0.1) is 5.92 Å². The van der Waals surface area contributed by atoms with Gasteiger partial charge in [-0.25, -0.2) is 8.42 Å². The van der Waals surface area contributed by atoms with Crippen LogP contribution in [0.2, 0.25) is 0 Å². The summed E-state index contributed by atoms with van der Waals surface area (Å²) < 4.78 is 38.6. The Morgan fingerprint density at radius 2 is 1.79 bits per heavy atom. The summed E-state index contributed by atoms with van der Waals surface area (Å²) in [6.07, 6.45) is 0.767. The van der Waals surface area contributed by atoms with E-state index in [2.05, 4.69) is 5.32 Å². The summed E-state index contributed by atoms with van der Waals surface area (Å²) in [6, 6.07) is 4.76. The molecule has 1 fully saturated rings. The van der Waals surface area contributed by atoms with Crippen molar-refractivity contribution >= 4 is 15.9 Å². The molecule has 156 valence electrons. The van der Waals surface area contributed by atoms with Gasteiger partial charge < -0.3 is 14.8 Å². The van der Waals surface area contributed by atoms with Crippen LogP contribution in [0.4, 0.5) is 0 Å². The summed E-state index contributed by atoms with van der Waals surface area (Å²) in [4.78, 5) is 14.2. The van der Waals surface area contributed by atoms with E-state index >= 15 is 0 Å². The summed E-state index contributed by atoms with van der Waals surface area (Å²) in [5.74, 6) is 1.43. The molecule has 1 N–H and O–H groups in total. The molecule has 0 spiro atoms. The van der Waals surface area contributed by atoms with Gasteiger partial charge in [0.2, 0.25) is 15.9 Å². The summed E-state index contributed by atoms with van der Waals surface area (Å²) in [7, 11) is -3.61. The van der Waals surface area contributed by atoms with E-state index < -0.39 is 10.0 Å². The minimum absolute atomic E-state index is 0.0205. The number of carbonyl (C=O) groups is 1.